The SMILES string of the molecule is C1=CN(c2c(-c3ccccc3)cccc2-c2ccccc2)CS1. The van der Waals surface area contributed by atoms with Gasteiger partial charge in [0.15, 0.2) is 0 Å². The summed E-state index contributed by atoms with van der Waals surface area (Å²) in [6, 6.07) is 27.8. The Kier molecular flexibility index (Phi) is 3.91. The molecule has 0 aromatic heterocycles. The second-order valence-electron chi connectivity index (χ2n) is 5.48. The molecule has 0 aliphatic carbocycles. The summed E-state index contributed by atoms with van der Waals surface area (Å²) in [5.41, 5.74) is 6.35. The van der Waals surface area contributed by atoms with Gasteiger partial charge in [-0.1, -0.05) is 78.9 Å². The summed E-state index contributed by atoms with van der Waals surface area (Å²) in [6.45, 7) is 0. The van der Waals surface area contributed by atoms with Crippen molar-refractivity contribution in [2.24, 2.45) is 0 Å². The predicted molar refractivity (Wildman–Crippen MR) is 101 cm³/mol. The van der Waals surface area contributed by atoms with E-state index in [0.29, 0.717) is 0 Å². The van der Waals surface area contributed by atoms with Crippen molar-refractivity contribution in [3.05, 3.63) is 90.5 Å². The van der Waals surface area contributed by atoms with E-state index in [0.717, 1.165) is 5.88 Å². The van der Waals surface area contributed by atoms with Crippen LogP contribution in [0.25, 0.3) is 22.3 Å². The standard InChI is InChI=1S/C21H17NS/c1-3-8-17(9-4-1)19-12-7-13-20(18-10-5-2-6-11-18)21(19)22-14-15-23-16-22/h1-15H,16H2. The number of nitrogens with zero attached hydrogens (tertiary/aromatic N) is 1. The van der Waals surface area contributed by atoms with Crippen LogP contribution >= 0.6 is 11.8 Å². The molecule has 2 heteroatoms. The van der Waals surface area contributed by atoms with Crippen LogP contribution in [0.1, 0.15) is 0 Å². The quantitative estimate of drug-likeness (QED) is 0.583. The largest absolute Gasteiger partial charge is 0.336 e. The van der Waals surface area contributed by atoms with Gasteiger partial charge in [0.25, 0.3) is 0 Å². The first-order chi connectivity index (χ1) is 11.4. The second-order valence-corrected chi connectivity index (χ2v) is 6.35. The highest BCUT2D eigenvalue weighted by Crippen LogP contribution is 2.41. The Labute approximate surface area is 141 Å². The highest BCUT2D eigenvalue weighted by Gasteiger charge is 2.18. The first-order valence-corrected chi connectivity index (χ1v) is 8.77. The van der Waals surface area contributed by atoms with Crippen LogP contribution in [-0.4, -0.2) is 5.88 Å². The molecule has 3 aromatic rings. The van der Waals surface area contributed by atoms with Crippen molar-refractivity contribution >= 4 is 17.4 Å². The molecule has 1 aliphatic rings. The van der Waals surface area contributed by atoms with Crippen molar-refractivity contribution in [3.63, 3.8) is 0 Å². The van der Waals surface area contributed by atoms with Crippen molar-refractivity contribution < 1.29 is 0 Å². The molecule has 0 unspecified atom stereocenters. The average molecular weight is 315 g/mol. The van der Waals surface area contributed by atoms with Crippen LogP contribution in [0.5, 0.6) is 0 Å². The molecule has 1 aliphatic heterocycles. The summed E-state index contributed by atoms with van der Waals surface area (Å²) in [4.78, 5) is 2.34. The lowest BCUT2D eigenvalue weighted by atomic mass is 9.95. The fourth-order valence-electron chi connectivity index (χ4n) is 2.98. The van der Waals surface area contributed by atoms with E-state index >= 15 is 0 Å². The van der Waals surface area contributed by atoms with Crippen LogP contribution in [0, 0.1) is 0 Å². The number of para-hydroxylation sites is 1. The third-order valence-corrected chi connectivity index (χ3v) is 4.78. The molecule has 1 nitrogen and oxygen atoms in total. The van der Waals surface area contributed by atoms with E-state index in [1.54, 1.807) is 0 Å². The molecule has 112 valence electrons. The van der Waals surface area contributed by atoms with E-state index < -0.39 is 0 Å². The van der Waals surface area contributed by atoms with Crippen LogP contribution in [-0.2, 0) is 0 Å². The Bertz CT molecular complexity index is 767. The van der Waals surface area contributed by atoms with Crippen molar-refractivity contribution in [3.8, 4) is 22.3 Å². The highest BCUT2D eigenvalue weighted by molar-refractivity contribution is 8.02. The molecule has 0 spiro atoms. The van der Waals surface area contributed by atoms with E-state index in [-0.39, 0.29) is 0 Å². The topological polar surface area (TPSA) is 3.24 Å². The molecular formula is C21H17NS. The zero-order chi connectivity index (χ0) is 15.5. The normalized spacial score (nSPS) is 13.5. The molecule has 0 radical (unpaired) electrons. The minimum atomic E-state index is 0.962. The summed E-state index contributed by atoms with van der Waals surface area (Å²) in [5, 5.41) is 2.16. The maximum Gasteiger partial charge on any atom is 0.0724 e. The monoisotopic (exact) mass is 315 g/mol. The maximum absolute atomic E-state index is 2.34. The van der Waals surface area contributed by atoms with E-state index in [1.807, 2.05) is 11.8 Å². The summed E-state index contributed by atoms with van der Waals surface area (Å²) in [7, 11) is 0. The van der Waals surface area contributed by atoms with Gasteiger partial charge in [-0.15, -0.1) is 11.8 Å². The van der Waals surface area contributed by atoms with Crippen molar-refractivity contribution in [1.82, 2.24) is 0 Å². The Morgan fingerprint density at radius 3 is 1.70 bits per heavy atom. The molecule has 0 fully saturated rings. The van der Waals surface area contributed by atoms with Crippen LogP contribution in [0.15, 0.2) is 90.5 Å². The lowest BCUT2D eigenvalue weighted by molar-refractivity contribution is 1.19. The summed E-state index contributed by atoms with van der Waals surface area (Å²) >= 11 is 1.83. The molecule has 0 saturated carbocycles. The zero-order valence-corrected chi connectivity index (χ0v) is 13.5. The van der Waals surface area contributed by atoms with Gasteiger partial charge >= 0.3 is 0 Å². The molecule has 0 N–H and O–H groups in total. The van der Waals surface area contributed by atoms with Crippen molar-refractivity contribution in [2.45, 2.75) is 0 Å². The van der Waals surface area contributed by atoms with Gasteiger partial charge in [-0.05, 0) is 16.5 Å². The van der Waals surface area contributed by atoms with Gasteiger partial charge in [-0.3, -0.25) is 0 Å². The van der Waals surface area contributed by atoms with Crippen LogP contribution in [0.4, 0.5) is 5.69 Å². The molecule has 0 amide bonds. The first-order valence-electron chi connectivity index (χ1n) is 7.72. The van der Waals surface area contributed by atoms with Gasteiger partial charge in [0, 0.05) is 17.3 Å². The maximum atomic E-state index is 2.34. The number of rotatable bonds is 3. The molecule has 23 heavy (non-hydrogen) atoms. The fourth-order valence-corrected chi connectivity index (χ4v) is 3.67. The number of hydrogen-bond acceptors (Lipinski definition) is 2. The van der Waals surface area contributed by atoms with Gasteiger partial charge in [0.1, 0.15) is 0 Å². The number of benzene rings is 3. The zero-order valence-electron chi connectivity index (χ0n) is 12.7. The minimum absolute atomic E-state index is 0.962. The van der Waals surface area contributed by atoms with Gasteiger partial charge in [-0.2, -0.15) is 0 Å². The summed E-state index contributed by atoms with van der Waals surface area (Å²) in [6.07, 6.45) is 2.18. The van der Waals surface area contributed by atoms with Gasteiger partial charge in [-0.25, -0.2) is 0 Å². The average Bonchev–Trinajstić information content (AvgIpc) is 3.17. The highest BCUT2D eigenvalue weighted by atomic mass is 32.2. The molecular weight excluding hydrogens is 298 g/mol. The van der Waals surface area contributed by atoms with E-state index in [2.05, 4.69) is 95.4 Å². The van der Waals surface area contributed by atoms with E-state index in [1.165, 1.54) is 27.9 Å². The van der Waals surface area contributed by atoms with Gasteiger partial charge in [0.2, 0.25) is 0 Å². The number of thioether (sulfide) groups is 1. The molecule has 4 rings (SSSR count). The Morgan fingerprint density at radius 1 is 0.652 bits per heavy atom. The predicted octanol–water partition coefficient (Wildman–Crippen LogP) is 6.00. The van der Waals surface area contributed by atoms with Crippen LogP contribution < -0.4 is 4.90 Å². The lowest BCUT2D eigenvalue weighted by Crippen LogP contribution is -2.13. The first kappa shape index (κ1) is 14.2. The van der Waals surface area contributed by atoms with E-state index in [4.69, 9.17) is 0 Å². The summed E-state index contributed by atoms with van der Waals surface area (Å²) in [5.74, 6) is 0.962. The van der Waals surface area contributed by atoms with E-state index in [9.17, 15) is 0 Å². The fraction of sp³-hybridized carbons (Fsp3) is 0.0476. The number of anilines is 1. The summed E-state index contributed by atoms with van der Waals surface area (Å²) < 4.78 is 0. The Hall–Kier alpha value is -2.45. The second kappa shape index (κ2) is 6.35. The minimum Gasteiger partial charge on any atom is -0.336 e. The van der Waals surface area contributed by atoms with Crippen molar-refractivity contribution in [1.29, 1.82) is 0 Å². The van der Waals surface area contributed by atoms with Gasteiger partial charge < -0.3 is 4.90 Å². The van der Waals surface area contributed by atoms with Crippen molar-refractivity contribution in [2.75, 3.05) is 10.8 Å². The molecule has 3 aromatic carbocycles. The Morgan fingerprint density at radius 2 is 1.22 bits per heavy atom. The third-order valence-electron chi connectivity index (χ3n) is 4.04. The Balaban J connectivity index is 1.95. The number of hydrogen-bond donors (Lipinski definition) is 0. The van der Waals surface area contributed by atoms with Crippen LogP contribution in [0.2, 0.25) is 0 Å². The molecule has 0 saturated heterocycles. The molecule has 0 atom stereocenters. The van der Waals surface area contributed by atoms with Crippen LogP contribution in [0.3, 0.4) is 0 Å². The molecule has 1 heterocycles. The smallest absolute Gasteiger partial charge is 0.0724 e. The lowest BCUT2D eigenvalue weighted by Gasteiger charge is -2.23. The third kappa shape index (κ3) is 2.78. The molecule has 0 bridgehead atoms. The van der Waals surface area contributed by atoms with Gasteiger partial charge in [0.05, 0.1) is 11.6 Å².